The Bertz CT molecular complexity index is 563. The van der Waals surface area contributed by atoms with Gasteiger partial charge in [-0.2, -0.15) is 0 Å². The fourth-order valence-corrected chi connectivity index (χ4v) is 2.54. The Hall–Kier alpha value is -0.750. The minimum atomic E-state index is -0.986. The topological polar surface area (TPSA) is 0 Å². The lowest BCUT2D eigenvalue weighted by molar-refractivity contribution is 0.526. The maximum Gasteiger partial charge on any atom is 0.134 e. The van der Waals surface area contributed by atoms with Crippen molar-refractivity contribution in [1.29, 1.82) is 0 Å². The van der Waals surface area contributed by atoms with Crippen molar-refractivity contribution in [3.63, 3.8) is 0 Å². The average Bonchev–Trinajstić information content (AvgIpc) is 2.27. The molecule has 2 rings (SSSR count). The zero-order valence-corrected chi connectivity index (χ0v) is 11.8. The molecule has 1 atom stereocenters. The highest BCUT2D eigenvalue weighted by molar-refractivity contribution is 14.1. The van der Waals surface area contributed by atoms with Gasteiger partial charge in [0.25, 0.3) is 0 Å². The zero-order valence-electron chi connectivity index (χ0n) is 8.93. The van der Waals surface area contributed by atoms with E-state index in [4.69, 9.17) is 11.6 Å². The predicted octanol–water partition coefficient (Wildman–Crippen LogP) is 5.04. The Morgan fingerprint density at radius 2 is 1.61 bits per heavy atom. The van der Waals surface area contributed by atoms with Crippen molar-refractivity contribution in [3.05, 3.63) is 68.5 Å². The van der Waals surface area contributed by atoms with Crippen LogP contribution in [0.1, 0.15) is 16.5 Å². The summed E-state index contributed by atoms with van der Waals surface area (Å²) in [5.74, 6) is -2.92. The smallest absolute Gasteiger partial charge is 0.134 e. The number of halogens is 5. The molecule has 0 aromatic heterocycles. The van der Waals surface area contributed by atoms with Crippen LogP contribution < -0.4 is 0 Å². The number of hydrogen-bond donors (Lipinski definition) is 0. The van der Waals surface area contributed by atoms with Crippen molar-refractivity contribution in [2.75, 3.05) is 0 Å². The van der Waals surface area contributed by atoms with E-state index in [-0.39, 0.29) is 5.56 Å². The van der Waals surface area contributed by atoms with E-state index in [1.54, 1.807) is 18.2 Å². The minimum absolute atomic E-state index is 0.333. The molecular weight excluding hydrogens is 375 g/mol. The van der Waals surface area contributed by atoms with Crippen LogP contribution in [0.2, 0.25) is 0 Å². The van der Waals surface area contributed by atoms with E-state index in [9.17, 15) is 13.2 Å². The SMILES string of the molecule is Fc1cc(F)c(C(Cl)c2cccc(I)c2)c(F)c1. The summed E-state index contributed by atoms with van der Waals surface area (Å²) < 4.78 is 40.9. The highest BCUT2D eigenvalue weighted by atomic mass is 127. The van der Waals surface area contributed by atoms with Gasteiger partial charge in [-0.15, -0.1) is 11.6 Å². The Balaban J connectivity index is 2.49. The molecule has 0 bridgehead atoms. The highest BCUT2D eigenvalue weighted by Crippen LogP contribution is 2.33. The average molecular weight is 383 g/mol. The molecule has 0 heterocycles. The van der Waals surface area contributed by atoms with Gasteiger partial charge in [-0.3, -0.25) is 0 Å². The van der Waals surface area contributed by atoms with Crippen molar-refractivity contribution in [3.8, 4) is 0 Å². The van der Waals surface area contributed by atoms with E-state index in [2.05, 4.69) is 22.6 Å². The van der Waals surface area contributed by atoms with Gasteiger partial charge in [0.15, 0.2) is 0 Å². The molecule has 0 radical (unpaired) electrons. The molecule has 0 fully saturated rings. The molecule has 0 spiro atoms. The Kier molecular flexibility index (Phi) is 4.17. The minimum Gasteiger partial charge on any atom is -0.207 e. The summed E-state index contributed by atoms with van der Waals surface area (Å²) in [7, 11) is 0. The number of alkyl halides is 1. The molecule has 5 heteroatoms. The van der Waals surface area contributed by atoms with E-state index >= 15 is 0 Å². The van der Waals surface area contributed by atoms with Gasteiger partial charge in [0.2, 0.25) is 0 Å². The van der Waals surface area contributed by atoms with E-state index in [1.165, 1.54) is 0 Å². The summed E-state index contributed by atoms with van der Waals surface area (Å²) in [6.45, 7) is 0. The molecule has 0 saturated carbocycles. The second-order valence-corrected chi connectivity index (χ2v) is 5.38. The normalized spacial score (nSPS) is 12.5. The van der Waals surface area contributed by atoms with Crippen molar-refractivity contribution in [1.82, 2.24) is 0 Å². The van der Waals surface area contributed by atoms with Gasteiger partial charge in [-0.25, -0.2) is 13.2 Å². The molecule has 0 aliphatic carbocycles. The van der Waals surface area contributed by atoms with Crippen LogP contribution in [0, 0.1) is 21.0 Å². The van der Waals surface area contributed by atoms with Gasteiger partial charge in [-0.05, 0) is 40.3 Å². The van der Waals surface area contributed by atoms with E-state index in [0.717, 1.165) is 3.57 Å². The lowest BCUT2D eigenvalue weighted by atomic mass is 10.0. The van der Waals surface area contributed by atoms with E-state index in [1.807, 2.05) is 6.07 Å². The summed E-state index contributed by atoms with van der Waals surface area (Å²) in [5.41, 5.74) is 0.230. The first-order valence-corrected chi connectivity index (χ1v) is 6.54. The van der Waals surface area contributed by atoms with Crippen LogP contribution in [0.4, 0.5) is 13.2 Å². The monoisotopic (exact) mass is 382 g/mol. The molecule has 0 N–H and O–H groups in total. The summed E-state index contributed by atoms with van der Waals surface area (Å²) >= 11 is 8.14. The van der Waals surface area contributed by atoms with Crippen molar-refractivity contribution in [2.45, 2.75) is 5.38 Å². The molecule has 0 amide bonds. The van der Waals surface area contributed by atoms with Crippen LogP contribution >= 0.6 is 34.2 Å². The Morgan fingerprint density at radius 1 is 1.00 bits per heavy atom. The molecule has 94 valence electrons. The van der Waals surface area contributed by atoms with Crippen LogP contribution in [0.3, 0.4) is 0 Å². The maximum absolute atomic E-state index is 13.6. The van der Waals surface area contributed by atoms with E-state index in [0.29, 0.717) is 17.7 Å². The quantitative estimate of drug-likeness (QED) is 0.504. The second kappa shape index (κ2) is 5.48. The van der Waals surface area contributed by atoms with Crippen molar-refractivity contribution < 1.29 is 13.2 Å². The number of benzene rings is 2. The predicted molar refractivity (Wildman–Crippen MR) is 73.2 cm³/mol. The van der Waals surface area contributed by atoms with Gasteiger partial charge in [0.05, 0.1) is 5.38 Å². The first-order chi connectivity index (χ1) is 8.49. The van der Waals surface area contributed by atoms with Crippen molar-refractivity contribution >= 4 is 34.2 Å². The third-order valence-corrected chi connectivity index (χ3v) is 3.58. The van der Waals surface area contributed by atoms with Crippen LogP contribution in [-0.2, 0) is 0 Å². The molecule has 2 aromatic rings. The van der Waals surface area contributed by atoms with Crippen LogP contribution in [-0.4, -0.2) is 0 Å². The summed E-state index contributed by atoms with van der Waals surface area (Å²) in [6, 6.07) is 8.22. The summed E-state index contributed by atoms with van der Waals surface area (Å²) in [5, 5.41) is -0.986. The lowest BCUT2D eigenvalue weighted by Crippen LogP contribution is -2.02. The first kappa shape index (κ1) is 13.7. The summed E-state index contributed by atoms with van der Waals surface area (Å²) in [6.07, 6.45) is 0. The van der Waals surface area contributed by atoms with Gasteiger partial charge < -0.3 is 0 Å². The highest BCUT2D eigenvalue weighted by Gasteiger charge is 2.21. The largest absolute Gasteiger partial charge is 0.207 e. The fourth-order valence-electron chi connectivity index (χ4n) is 1.63. The van der Waals surface area contributed by atoms with Crippen LogP contribution in [0.5, 0.6) is 0 Å². The standard InChI is InChI=1S/C13H7ClF3I/c14-13(7-2-1-3-9(18)4-7)12-10(16)5-8(15)6-11(12)17/h1-6,13H. The lowest BCUT2D eigenvalue weighted by Gasteiger charge is -2.13. The van der Waals surface area contributed by atoms with Gasteiger partial charge in [0.1, 0.15) is 17.5 Å². The molecule has 0 aliphatic heterocycles. The third kappa shape index (κ3) is 2.80. The van der Waals surface area contributed by atoms with Crippen LogP contribution in [0.25, 0.3) is 0 Å². The van der Waals surface area contributed by atoms with Crippen LogP contribution in [0.15, 0.2) is 36.4 Å². The third-order valence-electron chi connectivity index (χ3n) is 2.44. The number of hydrogen-bond acceptors (Lipinski definition) is 0. The molecule has 2 aromatic carbocycles. The molecule has 1 unspecified atom stereocenters. The van der Waals surface area contributed by atoms with Gasteiger partial charge >= 0.3 is 0 Å². The summed E-state index contributed by atoms with van der Waals surface area (Å²) in [4.78, 5) is 0. The molecular formula is C13H7ClF3I. The fraction of sp³-hybridized carbons (Fsp3) is 0.0769. The van der Waals surface area contributed by atoms with Crippen molar-refractivity contribution in [2.24, 2.45) is 0 Å². The molecule has 0 saturated heterocycles. The van der Waals surface area contributed by atoms with Gasteiger partial charge in [0, 0.05) is 21.3 Å². The Labute approximate surface area is 121 Å². The maximum atomic E-state index is 13.6. The molecule has 0 nitrogen and oxygen atoms in total. The first-order valence-electron chi connectivity index (χ1n) is 5.03. The zero-order chi connectivity index (χ0) is 13.3. The van der Waals surface area contributed by atoms with E-state index < -0.39 is 22.8 Å². The molecule has 18 heavy (non-hydrogen) atoms. The Morgan fingerprint density at radius 3 is 2.17 bits per heavy atom. The molecule has 0 aliphatic rings. The number of rotatable bonds is 2. The van der Waals surface area contributed by atoms with Gasteiger partial charge in [-0.1, -0.05) is 12.1 Å². The second-order valence-electron chi connectivity index (χ2n) is 3.70.